The van der Waals surface area contributed by atoms with Gasteiger partial charge < -0.3 is 20.4 Å². The average Bonchev–Trinajstić information content (AvgIpc) is 3.22. The van der Waals surface area contributed by atoms with Crippen LogP contribution in [0.3, 0.4) is 0 Å². The van der Waals surface area contributed by atoms with Crippen LogP contribution in [0.15, 0.2) is 30.6 Å². The number of hydrogen-bond acceptors (Lipinski definition) is 5. The van der Waals surface area contributed by atoms with E-state index in [1.807, 2.05) is 18.2 Å². The number of nitrogens with zero attached hydrogens (tertiary/aromatic N) is 3. The van der Waals surface area contributed by atoms with Crippen molar-refractivity contribution in [3.63, 3.8) is 0 Å². The molecular weight excluding hydrogens is 360 g/mol. The standard InChI is InChI=1S/C19H20N6O3/c1-20-18(26)14-5-15(19(27)23-17-11-7-28-8-12(11)17)25(24-14)6-10-3-2-4-13-16(10)22-9-21-13/h2-5,9,11-12,17H,6-8H2,1H3,(H,20,26)(H,21,22)(H,23,27)/t11-,12+,17?. The molecule has 1 saturated heterocycles. The summed E-state index contributed by atoms with van der Waals surface area (Å²) in [4.78, 5) is 32.4. The molecule has 9 heteroatoms. The molecule has 1 aliphatic carbocycles. The highest BCUT2D eigenvalue weighted by atomic mass is 16.5. The maximum Gasteiger partial charge on any atom is 0.271 e. The van der Waals surface area contributed by atoms with Crippen molar-refractivity contribution in [2.75, 3.05) is 20.3 Å². The van der Waals surface area contributed by atoms with E-state index in [0.29, 0.717) is 37.3 Å². The van der Waals surface area contributed by atoms with Crippen LogP contribution in [0.2, 0.25) is 0 Å². The van der Waals surface area contributed by atoms with Gasteiger partial charge in [0.05, 0.1) is 37.1 Å². The van der Waals surface area contributed by atoms with Crippen LogP contribution in [0.4, 0.5) is 0 Å². The Hall–Kier alpha value is -3.20. The summed E-state index contributed by atoms with van der Waals surface area (Å²) in [7, 11) is 1.54. The minimum Gasteiger partial charge on any atom is -0.381 e. The van der Waals surface area contributed by atoms with Crippen molar-refractivity contribution >= 4 is 22.8 Å². The molecule has 3 aromatic rings. The molecule has 0 radical (unpaired) electrons. The van der Waals surface area contributed by atoms with E-state index in [-0.39, 0.29) is 23.6 Å². The summed E-state index contributed by atoms with van der Waals surface area (Å²) in [6, 6.07) is 7.47. The van der Waals surface area contributed by atoms with Crippen molar-refractivity contribution in [2.45, 2.75) is 12.6 Å². The number of H-pyrrole nitrogens is 1. The van der Waals surface area contributed by atoms with Crippen molar-refractivity contribution in [3.05, 3.63) is 47.5 Å². The fraction of sp³-hybridized carbons (Fsp3) is 0.368. The Morgan fingerprint density at radius 3 is 2.89 bits per heavy atom. The summed E-state index contributed by atoms with van der Waals surface area (Å²) < 4.78 is 6.95. The molecule has 1 unspecified atom stereocenters. The van der Waals surface area contributed by atoms with Gasteiger partial charge in [-0.25, -0.2) is 4.98 Å². The average molecular weight is 380 g/mol. The Bertz CT molecular complexity index is 1060. The van der Waals surface area contributed by atoms with Gasteiger partial charge in [-0.2, -0.15) is 5.10 Å². The molecule has 1 saturated carbocycles. The van der Waals surface area contributed by atoms with Crippen LogP contribution >= 0.6 is 0 Å². The molecule has 2 fully saturated rings. The van der Waals surface area contributed by atoms with Gasteiger partial charge in [0.2, 0.25) is 0 Å². The summed E-state index contributed by atoms with van der Waals surface area (Å²) >= 11 is 0. The summed E-state index contributed by atoms with van der Waals surface area (Å²) in [5.74, 6) is 0.242. The minimum absolute atomic E-state index is 0.142. The number of ether oxygens (including phenoxy) is 1. The number of para-hydroxylation sites is 1. The highest BCUT2D eigenvalue weighted by Gasteiger charge is 2.55. The van der Waals surface area contributed by atoms with Gasteiger partial charge in [0.25, 0.3) is 11.8 Å². The van der Waals surface area contributed by atoms with Crippen LogP contribution in [0.1, 0.15) is 26.5 Å². The number of hydrogen-bond donors (Lipinski definition) is 3. The number of carbonyl (C=O) groups excluding carboxylic acids is 2. The highest BCUT2D eigenvalue weighted by molar-refractivity contribution is 5.98. The van der Waals surface area contributed by atoms with E-state index in [1.54, 1.807) is 11.0 Å². The maximum atomic E-state index is 12.9. The first-order valence-electron chi connectivity index (χ1n) is 9.25. The smallest absolute Gasteiger partial charge is 0.271 e. The molecule has 0 spiro atoms. The third-order valence-corrected chi connectivity index (χ3v) is 5.58. The lowest BCUT2D eigenvalue weighted by molar-refractivity contribution is 0.0917. The number of amides is 2. The first-order valence-corrected chi connectivity index (χ1v) is 9.25. The van der Waals surface area contributed by atoms with Gasteiger partial charge >= 0.3 is 0 Å². The number of carbonyl (C=O) groups is 2. The van der Waals surface area contributed by atoms with Crippen LogP contribution in [-0.2, 0) is 11.3 Å². The van der Waals surface area contributed by atoms with Gasteiger partial charge in [0.15, 0.2) is 5.69 Å². The Morgan fingerprint density at radius 2 is 2.11 bits per heavy atom. The van der Waals surface area contributed by atoms with Crippen molar-refractivity contribution in [1.82, 2.24) is 30.4 Å². The summed E-state index contributed by atoms with van der Waals surface area (Å²) in [6.45, 7) is 1.72. The minimum atomic E-state index is -0.331. The number of aromatic amines is 1. The number of imidazole rings is 1. The van der Waals surface area contributed by atoms with Gasteiger partial charge in [0, 0.05) is 36.6 Å². The second-order valence-electron chi connectivity index (χ2n) is 7.23. The van der Waals surface area contributed by atoms with Crippen LogP contribution < -0.4 is 10.6 Å². The van der Waals surface area contributed by atoms with Crippen LogP contribution in [0.5, 0.6) is 0 Å². The SMILES string of the molecule is CNC(=O)c1cc(C(=O)NC2[C@H]3COC[C@@H]23)n(Cc2cccc3[nH]cnc23)n1. The molecule has 1 aliphatic heterocycles. The Morgan fingerprint density at radius 1 is 1.29 bits per heavy atom. The highest BCUT2D eigenvalue weighted by Crippen LogP contribution is 2.44. The van der Waals surface area contributed by atoms with Gasteiger partial charge in [-0.15, -0.1) is 0 Å². The summed E-state index contributed by atoms with van der Waals surface area (Å²) in [6.07, 6.45) is 1.63. The molecule has 1 aromatic carbocycles. The maximum absolute atomic E-state index is 12.9. The fourth-order valence-electron chi connectivity index (χ4n) is 3.95. The zero-order valence-corrected chi connectivity index (χ0v) is 15.3. The molecule has 2 amide bonds. The van der Waals surface area contributed by atoms with Crippen molar-refractivity contribution in [2.24, 2.45) is 11.8 Å². The number of aromatic nitrogens is 4. The van der Waals surface area contributed by atoms with Crippen LogP contribution in [0.25, 0.3) is 11.0 Å². The molecule has 9 nitrogen and oxygen atoms in total. The van der Waals surface area contributed by atoms with E-state index in [2.05, 4.69) is 25.7 Å². The zero-order valence-electron chi connectivity index (χ0n) is 15.3. The Kier molecular flexibility index (Phi) is 3.90. The van der Waals surface area contributed by atoms with E-state index in [9.17, 15) is 9.59 Å². The second kappa shape index (κ2) is 6.45. The topological polar surface area (TPSA) is 114 Å². The molecule has 5 rings (SSSR count). The third kappa shape index (κ3) is 2.75. The van der Waals surface area contributed by atoms with Gasteiger partial charge in [-0.1, -0.05) is 12.1 Å². The van der Waals surface area contributed by atoms with Crippen LogP contribution in [-0.4, -0.2) is 57.9 Å². The molecule has 2 aliphatic rings. The molecule has 3 heterocycles. The third-order valence-electron chi connectivity index (χ3n) is 5.58. The lowest BCUT2D eigenvalue weighted by Crippen LogP contribution is -2.31. The first kappa shape index (κ1) is 16.9. The molecule has 144 valence electrons. The summed E-state index contributed by atoms with van der Waals surface area (Å²) in [5, 5.41) is 9.99. The number of rotatable bonds is 5. The molecule has 3 N–H and O–H groups in total. The predicted octanol–water partition coefficient (Wildman–Crippen LogP) is 0.542. The Labute approximate surface area is 160 Å². The van der Waals surface area contributed by atoms with E-state index in [1.165, 1.54) is 13.1 Å². The van der Waals surface area contributed by atoms with Crippen molar-refractivity contribution in [3.8, 4) is 0 Å². The number of benzene rings is 1. The molecule has 28 heavy (non-hydrogen) atoms. The second-order valence-corrected chi connectivity index (χ2v) is 7.23. The molecular formula is C19H20N6O3. The zero-order chi connectivity index (χ0) is 19.3. The lowest BCUT2D eigenvalue weighted by atomic mass is 10.2. The molecule has 2 aromatic heterocycles. The predicted molar refractivity (Wildman–Crippen MR) is 99.9 cm³/mol. The van der Waals surface area contributed by atoms with Gasteiger partial charge in [0.1, 0.15) is 5.69 Å². The fourth-order valence-corrected chi connectivity index (χ4v) is 3.95. The summed E-state index contributed by atoms with van der Waals surface area (Å²) in [5.41, 5.74) is 3.21. The lowest BCUT2D eigenvalue weighted by Gasteiger charge is -2.10. The van der Waals surface area contributed by atoms with E-state index in [0.717, 1.165) is 16.6 Å². The largest absolute Gasteiger partial charge is 0.381 e. The number of fused-ring (bicyclic) bond motifs is 2. The van der Waals surface area contributed by atoms with Crippen LogP contribution in [0, 0.1) is 11.8 Å². The normalized spacial score (nSPS) is 22.8. The van der Waals surface area contributed by atoms with Crippen molar-refractivity contribution in [1.29, 1.82) is 0 Å². The monoisotopic (exact) mass is 380 g/mol. The Balaban J connectivity index is 1.45. The van der Waals surface area contributed by atoms with Gasteiger partial charge in [-0.05, 0) is 6.07 Å². The first-order chi connectivity index (χ1) is 13.7. The van der Waals surface area contributed by atoms with Gasteiger partial charge in [-0.3, -0.25) is 14.3 Å². The molecule has 0 bridgehead atoms. The van der Waals surface area contributed by atoms with E-state index < -0.39 is 0 Å². The number of nitrogens with one attached hydrogen (secondary N) is 3. The molecule has 3 atom stereocenters. The van der Waals surface area contributed by atoms with E-state index in [4.69, 9.17) is 4.74 Å². The van der Waals surface area contributed by atoms with E-state index >= 15 is 0 Å². The van der Waals surface area contributed by atoms with Crippen molar-refractivity contribution < 1.29 is 14.3 Å². The quantitative estimate of drug-likeness (QED) is 0.598.